The van der Waals surface area contributed by atoms with Gasteiger partial charge in [-0.3, -0.25) is 4.98 Å². The topological polar surface area (TPSA) is 65.3 Å². The Morgan fingerprint density at radius 1 is 0.656 bits per heavy atom. The maximum absolute atomic E-state index is 6.35. The molecule has 2 heterocycles. The zero-order chi connectivity index (χ0) is 21.3. The van der Waals surface area contributed by atoms with Gasteiger partial charge >= 0.3 is 15.1 Å². The molecule has 0 aliphatic carbocycles. The summed E-state index contributed by atoms with van der Waals surface area (Å²) in [5, 5.41) is 12.0. The highest BCUT2D eigenvalue weighted by Crippen LogP contribution is 2.40. The Morgan fingerprint density at radius 2 is 1.47 bits per heavy atom. The molecule has 0 spiro atoms. The molecule has 0 unspecified atom stereocenters. The van der Waals surface area contributed by atoms with E-state index in [1.54, 1.807) is 6.20 Å². The number of benzene rings is 4. The van der Waals surface area contributed by atoms with Crippen molar-refractivity contribution in [2.75, 3.05) is 0 Å². The minimum atomic E-state index is -2.78. The van der Waals surface area contributed by atoms with Gasteiger partial charge in [-0.25, -0.2) is 0 Å². The van der Waals surface area contributed by atoms with Crippen molar-refractivity contribution in [1.29, 1.82) is 0 Å². The molecule has 7 heteroatoms. The molecular formula is C25H16AlN3O3. The lowest BCUT2D eigenvalue weighted by atomic mass is 10.1. The molecule has 32 heavy (non-hydrogen) atoms. The molecular weight excluding hydrogens is 417 g/mol. The van der Waals surface area contributed by atoms with Crippen LogP contribution in [0, 0.1) is 0 Å². The largest absolute Gasteiger partial charge is 1.20 e. The molecule has 6 nitrogen and oxygen atoms in total. The number of pyridine rings is 1. The van der Waals surface area contributed by atoms with Crippen LogP contribution in [0.15, 0.2) is 107 Å². The van der Waals surface area contributed by atoms with Crippen LogP contribution in [0.4, 0.5) is 11.4 Å². The molecule has 1 aliphatic heterocycles. The smallest absolute Gasteiger partial charge is 0.576 e. The van der Waals surface area contributed by atoms with Crippen molar-refractivity contribution in [3.63, 3.8) is 0 Å². The number of fused-ring (bicyclic) bond motifs is 5. The van der Waals surface area contributed by atoms with Gasteiger partial charge in [-0.2, -0.15) is 0 Å². The Labute approximate surface area is 189 Å². The maximum atomic E-state index is 6.35. The monoisotopic (exact) mass is 433 g/mol. The van der Waals surface area contributed by atoms with E-state index >= 15 is 0 Å². The Bertz CT molecular complexity index is 1480. The molecule has 0 radical (unpaired) electrons. The molecule has 5 aromatic rings. The summed E-state index contributed by atoms with van der Waals surface area (Å²) in [7, 11) is 0. The van der Waals surface area contributed by atoms with E-state index in [0.717, 1.165) is 21.7 Å². The van der Waals surface area contributed by atoms with E-state index in [1.165, 1.54) is 0 Å². The van der Waals surface area contributed by atoms with Crippen molar-refractivity contribution in [3.05, 3.63) is 97.2 Å². The summed E-state index contributed by atoms with van der Waals surface area (Å²) >= 11 is -2.78. The lowest BCUT2D eigenvalue weighted by molar-refractivity contribution is 0.310. The van der Waals surface area contributed by atoms with Crippen molar-refractivity contribution < 1.29 is 11.4 Å². The second-order valence-electron chi connectivity index (χ2n) is 7.27. The second kappa shape index (κ2) is 7.97. The van der Waals surface area contributed by atoms with Gasteiger partial charge in [0.2, 0.25) is 0 Å². The molecule has 0 saturated carbocycles. The number of azo groups is 1. The molecule has 0 bridgehead atoms. The van der Waals surface area contributed by atoms with Crippen LogP contribution in [0.1, 0.15) is 0 Å². The molecule has 0 atom stereocenters. The standard InChI is InChI=1S/C16H12N2O2.C9H7NO.Al/c19-14-8-4-3-7-13(14)17-18-16-12-6-2-1-5-11(12)9-10-15(16)20;11-8-5-1-3-7-4-2-6-10-9(7)8;/h1-10,19-20H;1-6,11H;/q;;+3/p-3. The van der Waals surface area contributed by atoms with Crippen LogP contribution in [0.2, 0.25) is 0 Å². The van der Waals surface area contributed by atoms with Crippen LogP contribution >= 0.6 is 0 Å². The third kappa shape index (κ3) is 3.44. The number of nitrogens with zero attached hydrogens (tertiary/aromatic N) is 3. The average Bonchev–Trinajstić information content (AvgIpc) is 2.91. The zero-order valence-electron chi connectivity index (χ0n) is 16.9. The van der Waals surface area contributed by atoms with Crippen molar-refractivity contribution in [1.82, 2.24) is 4.98 Å². The fourth-order valence-corrected chi connectivity index (χ4v) is 5.08. The van der Waals surface area contributed by atoms with E-state index in [-0.39, 0.29) is 0 Å². The fourth-order valence-electron chi connectivity index (χ4n) is 3.73. The first kappa shape index (κ1) is 18.8. The molecule has 152 valence electrons. The van der Waals surface area contributed by atoms with Crippen molar-refractivity contribution >= 4 is 48.2 Å². The Balaban J connectivity index is 1.49. The lowest BCUT2D eigenvalue weighted by Gasteiger charge is -2.18. The van der Waals surface area contributed by atoms with Crippen molar-refractivity contribution in [3.8, 4) is 17.2 Å². The van der Waals surface area contributed by atoms with E-state index in [0.29, 0.717) is 28.6 Å². The first-order chi connectivity index (χ1) is 15.8. The predicted octanol–water partition coefficient (Wildman–Crippen LogP) is 6.64. The number of rotatable bonds is 2. The van der Waals surface area contributed by atoms with Gasteiger partial charge in [0.25, 0.3) is 0 Å². The number of hydrogen-bond donors (Lipinski definition) is 0. The van der Waals surface area contributed by atoms with Crippen LogP contribution in [0.25, 0.3) is 21.7 Å². The fraction of sp³-hybridized carbons (Fsp3) is 0. The van der Waals surface area contributed by atoms with Crippen LogP contribution in [0.3, 0.4) is 0 Å². The van der Waals surface area contributed by atoms with Gasteiger partial charge in [0.1, 0.15) is 34.1 Å². The molecule has 0 saturated heterocycles. The third-order valence-electron chi connectivity index (χ3n) is 5.25. The summed E-state index contributed by atoms with van der Waals surface area (Å²) in [4.78, 5) is 4.49. The molecule has 6 rings (SSSR count). The van der Waals surface area contributed by atoms with Crippen LogP contribution < -0.4 is 11.4 Å². The quantitative estimate of drug-likeness (QED) is 0.293. The second-order valence-corrected chi connectivity index (χ2v) is 8.56. The van der Waals surface area contributed by atoms with Gasteiger partial charge in [0, 0.05) is 17.0 Å². The summed E-state index contributed by atoms with van der Waals surface area (Å²) in [5.41, 5.74) is 2.03. The van der Waals surface area contributed by atoms with Gasteiger partial charge < -0.3 is 11.4 Å². The molecule has 0 fully saturated rings. The van der Waals surface area contributed by atoms with Gasteiger partial charge in [-0.15, -0.1) is 10.2 Å². The summed E-state index contributed by atoms with van der Waals surface area (Å²) in [6.07, 6.45) is 1.75. The minimum Gasteiger partial charge on any atom is -0.576 e. The zero-order valence-corrected chi connectivity index (χ0v) is 18.0. The third-order valence-corrected chi connectivity index (χ3v) is 6.59. The number of hydrogen-bond acceptors (Lipinski definition) is 6. The molecule has 0 amide bonds. The Hall–Kier alpha value is -3.92. The van der Waals surface area contributed by atoms with Gasteiger partial charge in [-0.05, 0) is 35.7 Å². The van der Waals surface area contributed by atoms with Crippen LogP contribution in [0.5, 0.6) is 17.2 Å². The van der Waals surface area contributed by atoms with Gasteiger partial charge in [0.15, 0.2) is 0 Å². The van der Waals surface area contributed by atoms with Crippen LogP contribution in [-0.4, -0.2) is 20.1 Å². The molecule has 1 aromatic heterocycles. The van der Waals surface area contributed by atoms with E-state index in [9.17, 15) is 0 Å². The summed E-state index contributed by atoms with van der Waals surface area (Å²) in [6, 6.07) is 29.1. The lowest BCUT2D eigenvalue weighted by Crippen LogP contribution is -2.37. The highest BCUT2D eigenvalue weighted by molar-refractivity contribution is 6.40. The van der Waals surface area contributed by atoms with Crippen molar-refractivity contribution in [2.45, 2.75) is 0 Å². The highest BCUT2D eigenvalue weighted by atomic mass is 27.3. The van der Waals surface area contributed by atoms with E-state index in [4.69, 9.17) is 11.4 Å². The SMILES string of the molecule is c1ccc2c(c1)N=Nc1c(ccc3ccccc13)[O][Al]([O]c1cccc3cccnc13)[O]2. The average molecular weight is 433 g/mol. The maximum Gasteiger partial charge on any atom is 1.20 e. The van der Waals surface area contributed by atoms with E-state index in [2.05, 4.69) is 15.2 Å². The Kier molecular flexibility index (Phi) is 4.69. The van der Waals surface area contributed by atoms with Gasteiger partial charge in [0.05, 0.1) is 0 Å². The highest BCUT2D eigenvalue weighted by Gasteiger charge is 2.46. The predicted molar refractivity (Wildman–Crippen MR) is 124 cm³/mol. The Morgan fingerprint density at radius 3 is 2.47 bits per heavy atom. The summed E-state index contributed by atoms with van der Waals surface area (Å²) in [5.74, 6) is 1.76. The first-order valence-corrected chi connectivity index (χ1v) is 11.6. The van der Waals surface area contributed by atoms with Gasteiger partial charge in [-0.1, -0.05) is 60.7 Å². The number of para-hydroxylation sites is 2. The van der Waals surface area contributed by atoms with Crippen LogP contribution in [-0.2, 0) is 0 Å². The van der Waals surface area contributed by atoms with E-state index < -0.39 is 15.1 Å². The number of aromatic nitrogens is 1. The minimum absolute atomic E-state index is 0.568. The summed E-state index contributed by atoms with van der Waals surface area (Å²) in [6.45, 7) is 0. The first-order valence-electron chi connectivity index (χ1n) is 10.2. The molecule has 0 N–H and O–H groups in total. The normalized spacial score (nSPS) is 12.7. The van der Waals surface area contributed by atoms with E-state index in [1.807, 2.05) is 91.0 Å². The van der Waals surface area contributed by atoms with Crippen molar-refractivity contribution in [2.24, 2.45) is 10.2 Å². The molecule has 4 aromatic carbocycles. The summed E-state index contributed by atoms with van der Waals surface area (Å²) < 4.78 is 18.9. The molecule has 1 aliphatic rings.